The van der Waals surface area contributed by atoms with Gasteiger partial charge in [-0.15, -0.1) is 0 Å². The maximum absolute atomic E-state index is 12.1. The van der Waals surface area contributed by atoms with E-state index in [4.69, 9.17) is 5.73 Å². The minimum atomic E-state index is -0.499. The molecule has 160 valence electrons. The van der Waals surface area contributed by atoms with Crippen molar-refractivity contribution >= 4 is 23.6 Å². The van der Waals surface area contributed by atoms with E-state index in [-0.39, 0.29) is 18.3 Å². The monoisotopic (exact) mass is 403 g/mol. The first kappa shape index (κ1) is 22.8. The van der Waals surface area contributed by atoms with Gasteiger partial charge in [0.2, 0.25) is 0 Å². The number of pyridine rings is 1. The summed E-state index contributed by atoms with van der Waals surface area (Å²) in [5.74, 6) is 0.187. The highest BCUT2D eigenvalue weighted by atomic mass is 16.6. The number of amides is 2. The van der Waals surface area contributed by atoms with Crippen LogP contribution in [0.5, 0.6) is 0 Å². The number of carbonyl (C=O) groups excluding carboxylic acids is 3. The number of Topliss-reactive ketones (excluding diaryl/α,β-unsaturated/α-hetero) is 1. The quantitative estimate of drug-likeness (QED) is 0.341. The molecule has 1 aromatic rings. The van der Waals surface area contributed by atoms with Crippen LogP contribution < -0.4 is 5.73 Å². The molecule has 0 aromatic carbocycles. The Morgan fingerprint density at radius 2 is 1.55 bits per heavy atom. The van der Waals surface area contributed by atoms with Gasteiger partial charge >= 0.3 is 6.09 Å². The van der Waals surface area contributed by atoms with Crippen LogP contribution in [0.15, 0.2) is 18.3 Å². The summed E-state index contributed by atoms with van der Waals surface area (Å²) < 4.78 is 4.69. The van der Waals surface area contributed by atoms with Crippen molar-refractivity contribution in [2.24, 2.45) is 0 Å². The van der Waals surface area contributed by atoms with Crippen LogP contribution in [-0.2, 0) is 9.53 Å². The highest BCUT2D eigenvalue weighted by molar-refractivity contribution is 5.99. The second-order valence-electron chi connectivity index (χ2n) is 7.60. The van der Waals surface area contributed by atoms with Gasteiger partial charge in [-0.1, -0.05) is 57.8 Å². The molecule has 1 fully saturated rings. The molecule has 0 aliphatic carbocycles. The van der Waals surface area contributed by atoms with Gasteiger partial charge in [0.25, 0.3) is 5.91 Å². The average Bonchev–Trinajstić information content (AvgIpc) is 3.03. The number of imide groups is 1. The van der Waals surface area contributed by atoms with Crippen LogP contribution in [0.25, 0.3) is 0 Å². The molecule has 0 spiro atoms. The summed E-state index contributed by atoms with van der Waals surface area (Å²) in [7, 11) is 0. The van der Waals surface area contributed by atoms with Crippen molar-refractivity contribution < 1.29 is 19.1 Å². The molecule has 0 unspecified atom stereocenters. The lowest BCUT2D eigenvalue weighted by Gasteiger charge is -2.10. The standard InChI is InChI=1S/C22H33N3O4/c23-21-18(13-12-15-24-21)19(26)14-10-8-6-4-2-1-3-5-7-9-11-16-25-20(27)17-29-22(25)28/h12-13,15H,1-11,14,16-17H2,(H2,23,24). The number of hydrogen-bond acceptors (Lipinski definition) is 6. The van der Waals surface area contributed by atoms with Crippen LogP contribution in [0.1, 0.15) is 87.4 Å². The zero-order chi connectivity index (χ0) is 20.9. The summed E-state index contributed by atoms with van der Waals surface area (Å²) in [5, 5.41) is 0. The average molecular weight is 404 g/mol. The lowest BCUT2D eigenvalue weighted by molar-refractivity contribution is -0.125. The lowest BCUT2D eigenvalue weighted by Crippen LogP contribution is -2.29. The number of nitrogens with two attached hydrogens (primary N) is 1. The Labute approximate surface area is 173 Å². The van der Waals surface area contributed by atoms with Gasteiger partial charge < -0.3 is 10.5 Å². The lowest BCUT2D eigenvalue weighted by atomic mass is 10.0. The molecule has 2 N–H and O–H groups in total. The second kappa shape index (κ2) is 12.9. The summed E-state index contributed by atoms with van der Waals surface area (Å²) in [6.07, 6.45) is 13.9. The van der Waals surface area contributed by atoms with Gasteiger partial charge in [0, 0.05) is 19.2 Å². The normalized spacial score (nSPS) is 13.7. The number of rotatable bonds is 15. The minimum absolute atomic E-state index is 0.0848. The largest absolute Gasteiger partial charge is 0.439 e. The van der Waals surface area contributed by atoms with Gasteiger partial charge in [-0.05, 0) is 25.0 Å². The fourth-order valence-electron chi connectivity index (χ4n) is 3.53. The number of nitrogen functional groups attached to an aromatic ring is 1. The van der Waals surface area contributed by atoms with E-state index < -0.39 is 6.09 Å². The Morgan fingerprint density at radius 3 is 2.10 bits per heavy atom. The molecule has 1 aromatic heterocycles. The smallest absolute Gasteiger partial charge is 0.417 e. The molecule has 0 atom stereocenters. The maximum Gasteiger partial charge on any atom is 0.417 e. The summed E-state index contributed by atoms with van der Waals surface area (Å²) in [6, 6.07) is 3.48. The fourth-order valence-corrected chi connectivity index (χ4v) is 3.53. The van der Waals surface area contributed by atoms with Crippen molar-refractivity contribution in [2.45, 2.75) is 77.0 Å². The van der Waals surface area contributed by atoms with Crippen molar-refractivity contribution in [1.82, 2.24) is 9.88 Å². The third kappa shape index (κ3) is 8.21. The van der Waals surface area contributed by atoms with Crippen LogP contribution in [0, 0.1) is 0 Å². The zero-order valence-electron chi connectivity index (χ0n) is 17.2. The molecule has 2 heterocycles. The molecule has 0 bridgehead atoms. The molecule has 2 amide bonds. The summed E-state index contributed by atoms with van der Waals surface area (Å²) in [6.45, 7) is 0.377. The predicted octanol–water partition coefficient (Wildman–Crippen LogP) is 4.51. The van der Waals surface area contributed by atoms with E-state index in [9.17, 15) is 14.4 Å². The molecule has 0 radical (unpaired) electrons. The summed E-state index contributed by atoms with van der Waals surface area (Å²) in [4.78, 5) is 39.9. The fraction of sp³-hybridized carbons (Fsp3) is 0.636. The van der Waals surface area contributed by atoms with Gasteiger partial charge in [-0.3, -0.25) is 9.59 Å². The molecule has 1 saturated heterocycles. The Kier molecular flexibility index (Phi) is 10.2. The number of ketones is 1. The van der Waals surface area contributed by atoms with Crippen molar-refractivity contribution in [3.8, 4) is 0 Å². The van der Waals surface area contributed by atoms with E-state index in [2.05, 4.69) is 9.72 Å². The number of ether oxygens (including phenoxy) is 1. The van der Waals surface area contributed by atoms with Gasteiger partial charge in [-0.2, -0.15) is 0 Å². The van der Waals surface area contributed by atoms with E-state index >= 15 is 0 Å². The Morgan fingerprint density at radius 1 is 0.966 bits per heavy atom. The molecule has 1 aliphatic rings. The number of hydrogen-bond donors (Lipinski definition) is 1. The number of carbonyl (C=O) groups is 3. The predicted molar refractivity (Wildman–Crippen MR) is 111 cm³/mol. The van der Waals surface area contributed by atoms with Gasteiger partial charge in [-0.25, -0.2) is 14.7 Å². The topological polar surface area (TPSA) is 103 Å². The van der Waals surface area contributed by atoms with E-state index in [0.29, 0.717) is 24.3 Å². The maximum atomic E-state index is 12.1. The second-order valence-corrected chi connectivity index (χ2v) is 7.60. The number of anilines is 1. The molecular weight excluding hydrogens is 370 g/mol. The highest BCUT2D eigenvalue weighted by Gasteiger charge is 2.29. The van der Waals surface area contributed by atoms with E-state index in [1.165, 1.54) is 37.0 Å². The number of aromatic nitrogens is 1. The van der Waals surface area contributed by atoms with Crippen LogP contribution in [0.3, 0.4) is 0 Å². The Balaban J connectivity index is 1.36. The first-order valence-electron chi connectivity index (χ1n) is 10.8. The SMILES string of the molecule is Nc1ncccc1C(=O)CCCCCCCCCCCCCN1C(=O)COC1=O. The van der Waals surface area contributed by atoms with Gasteiger partial charge in [0.05, 0.1) is 5.56 Å². The molecule has 29 heavy (non-hydrogen) atoms. The first-order chi connectivity index (χ1) is 14.1. The van der Waals surface area contributed by atoms with Gasteiger partial charge in [0.1, 0.15) is 5.82 Å². The van der Waals surface area contributed by atoms with Crippen molar-refractivity contribution in [1.29, 1.82) is 0 Å². The highest BCUT2D eigenvalue weighted by Crippen LogP contribution is 2.15. The third-order valence-electron chi connectivity index (χ3n) is 5.27. The van der Waals surface area contributed by atoms with Gasteiger partial charge in [0.15, 0.2) is 12.4 Å². The van der Waals surface area contributed by atoms with Crippen LogP contribution in [0.2, 0.25) is 0 Å². The molecule has 1 aliphatic heterocycles. The summed E-state index contributed by atoms with van der Waals surface area (Å²) >= 11 is 0. The van der Waals surface area contributed by atoms with Crippen molar-refractivity contribution in [3.63, 3.8) is 0 Å². The molecule has 2 rings (SSSR count). The van der Waals surface area contributed by atoms with Crippen molar-refractivity contribution in [3.05, 3.63) is 23.9 Å². The van der Waals surface area contributed by atoms with Crippen LogP contribution in [0.4, 0.5) is 10.6 Å². The molecule has 7 nitrogen and oxygen atoms in total. The molecule has 7 heteroatoms. The van der Waals surface area contributed by atoms with E-state index in [1.807, 2.05) is 0 Å². The minimum Gasteiger partial charge on any atom is -0.439 e. The molecular formula is C22H33N3O4. The number of unbranched alkanes of at least 4 members (excludes halogenated alkanes) is 10. The first-order valence-corrected chi connectivity index (χ1v) is 10.8. The van der Waals surface area contributed by atoms with E-state index in [0.717, 1.165) is 38.5 Å². The molecule has 0 saturated carbocycles. The van der Waals surface area contributed by atoms with E-state index in [1.54, 1.807) is 18.3 Å². The third-order valence-corrected chi connectivity index (χ3v) is 5.27. The van der Waals surface area contributed by atoms with Crippen molar-refractivity contribution in [2.75, 3.05) is 18.9 Å². The number of nitrogens with zero attached hydrogens (tertiary/aromatic N) is 2. The van der Waals surface area contributed by atoms with Crippen LogP contribution >= 0.6 is 0 Å². The Hall–Kier alpha value is -2.44. The summed E-state index contributed by atoms with van der Waals surface area (Å²) in [5.41, 5.74) is 6.27. The Bertz CT molecular complexity index is 662. The zero-order valence-corrected chi connectivity index (χ0v) is 17.2. The number of cyclic esters (lactones) is 1. The van der Waals surface area contributed by atoms with Crippen LogP contribution in [-0.4, -0.2) is 40.8 Å².